The molecule has 1 amide bonds. The smallest absolute Gasteiger partial charge is 0.224 e. The van der Waals surface area contributed by atoms with Crippen LogP contribution in [0.25, 0.3) is 22.3 Å². The molecule has 0 aliphatic carbocycles. The van der Waals surface area contributed by atoms with Crippen LogP contribution in [0.1, 0.15) is 24.0 Å². The second-order valence-corrected chi connectivity index (χ2v) is 7.54. The minimum absolute atomic E-state index is 0.00894. The largest absolute Gasteiger partial charge is 0.353 e. The molecule has 146 valence electrons. The Morgan fingerprint density at radius 3 is 2.72 bits per heavy atom. The summed E-state index contributed by atoms with van der Waals surface area (Å²) in [5.74, 6) is 0.00894. The van der Waals surface area contributed by atoms with Crippen molar-refractivity contribution in [2.45, 2.75) is 26.2 Å². The van der Waals surface area contributed by atoms with Crippen LogP contribution in [0.15, 0.2) is 66.9 Å². The minimum Gasteiger partial charge on any atom is -0.353 e. The first-order valence-electron chi connectivity index (χ1n) is 9.69. The summed E-state index contributed by atoms with van der Waals surface area (Å²) in [7, 11) is 0. The van der Waals surface area contributed by atoms with Crippen molar-refractivity contribution >= 4 is 34.1 Å². The molecule has 2 aromatic heterocycles. The van der Waals surface area contributed by atoms with E-state index in [-0.39, 0.29) is 5.91 Å². The molecule has 0 aliphatic rings. The van der Waals surface area contributed by atoms with Gasteiger partial charge in [0.05, 0.1) is 11.4 Å². The van der Waals surface area contributed by atoms with Crippen LogP contribution in [0.4, 0.5) is 5.69 Å². The first-order valence-corrected chi connectivity index (χ1v) is 10.1. The van der Waals surface area contributed by atoms with E-state index in [0.717, 1.165) is 41.0 Å². The molecule has 0 saturated heterocycles. The first-order chi connectivity index (χ1) is 14.1. The van der Waals surface area contributed by atoms with Crippen LogP contribution in [0, 0.1) is 6.92 Å². The average Bonchev–Trinajstić information content (AvgIpc) is 3.10. The number of para-hydroxylation sites is 1. The van der Waals surface area contributed by atoms with Crippen molar-refractivity contribution in [3.63, 3.8) is 0 Å². The number of nitrogens with one attached hydrogen (secondary N) is 2. The Hall–Kier alpha value is -3.11. The highest BCUT2D eigenvalue weighted by Crippen LogP contribution is 2.30. The van der Waals surface area contributed by atoms with Gasteiger partial charge in [-0.25, -0.2) is 0 Å². The summed E-state index contributed by atoms with van der Waals surface area (Å²) in [5, 5.41) is 4.83. The summed E-state index contributed by atoms with van der Waals surface area (Å²) >= 11 is 5.99. The van der Waals surface area contributed by atoms with Gasteiger partial charge >= 0.3 is 0 Å². The number of benzene rings is 2. The number of fused-ring (bicyclic) bond motifs is 1. The first kappa shape index (κ1) is 19.2. The van der Waals surface area contributed by atoms with Crippen LogP contribution in [0.5, 0.6) is 0 Å². The van der Waals surface area contributed by atoms with Crippen LogP contribution >= 0.6 is 11.6 Å². The van der Waals surface area contributed by atoms with Crippen LogP contribution < -0.4 is 5.32 Å². The van der Waals surface area contributed by atoms with Gasteiger partial charge in [0.15, 0.2) is 0 Å². The van der Waals surface area contributed by atoms with Crippen molar-refractivity contribution in [2.24, 2.45) is 0 Å². The highest BCUT2D eigenvalue weighted by molar-refractivity contribution is 6.30. The number of amides is 1. The Bertz CT molecular complexity index is 1150. The Kier molecular flexibility index (Phi) is 5.63. The third-order valence-corrected chi connectivity index (χ3v) is 5.26. The van der Waals surface area contributed by atoms with E-state index in [0.29, 0.717) is 11.4 Å². The van der Waals surface area contributed by atoms with Gasteiger partial charge in [-0.1, -0.05) is 35.9 Å². The van der Waals surface area contributed by atoms with E-state index < -0.39 is 0 Å². The van der Waals surface area contributed by atoms with E-state index in [4.69, 9.17) is 11.6 Å². The molecule has 0 spiro atoms. The number of H-pyrrole nitrogens is 1. The third-order valence-electron chi connectivity index (χ3n) is 5.03. The van der Waals surface area contributed by atoms with Crippen molar-refractivity contribution in [3.05, 3.63) is 83.0 Å². The average molecular weight is 404 g/mol. The second-order valence-electron chi connectivity index (χ2n) is 7.10. The van der Waals surface area contributed by atoms with Crippen LogP contribution in [0.2, 0.25) is 5.02 Å². The fraction of sp³-hybridized carbons (Fsp3) is 0.167. The number of hydrogen-bond acceptors (Lipinski definition) is 2. The number of nitrogens with zero attached hydrogens (tertiary/aromatic N) is 1. The third kappa shape index (κ3) is 4.33. The molecule has 0 unspecified atom stereocenters. The summed E-state index contributed by atoms with van der Waals surface area (Å²) in [6.45, 7) is 1.94. The molecule has 0 fully saturated rings. The second kappa shape index (κ2) is 8.50. The number of halogens is 1. The van der Waals surface area contributed by atoms with Crippen LogP contribution in [-0.2, 0) is 11.2 Å². The number of aromatic amines is 1. The van der Waals surface area contributed by atoms with E-state index in [1.807, 2.05) is 49.4 Å². The molecule has 2 heterocycles. The fourth-order valence-electron chi connectivity index (χ4n) is 3.59. The molecule has 0 saturated carbocycles. The monoisotopic (exact) mass is 403 g/mol. The van der Waals surface area contributed by atoms with Gasteiger partial charge in [-0.05, 0) is 67.3 Å². The van der Waals surface area contributed by atoms with Crippen molar-refractivity contribution in [3.8, 4) is 11.4 Å². The maximum Gasteiger partial charge on any atom is 0.224 e. The van der Waals surface area contributed by atoms with Crippen LogP contribution in [0.3, 0.4) is 0 Å². The maximum atomic E-state index is 12.4. The number of anilines is 1. The van der Waals surface area contributed by atoms with E-state index in [1.54, 1.807) is 12.3 Å². The summed E-state index contributed by atoms with van der Waals surface area (Å²) in [6.07, 6.45) is 3.79. The standard InChI is InChI=1S/C24H22ClN3O/c1-16-15-17(25)12-13-20(16)27-23(29)11-6-8-19-18-7-2-3-9-21(18)28-24(19)22-10-4-5-14-26-22/h2-5,7,9-10,12-15,28H,6,8,11H2,1H3,(H,27,29). The molecule has 0 bridgehead atoms. The van der Waals surface area contributed by atoms with Gasteiger partial charge in [0.1, 0.15) is 0 Å². The Morgan fingerprint density at radius 1 is 1.10 bits per heavy atom. The molecular formula is C24H22ClN3O. The summed E-state index contributed by atoms with van der Waals surface area (Å²) in [6, 6.07) is 19.6. The number of carbonyl (C=O) groups excluding carboxylic acids is 1. The fourth-order valence-corrected chi connectivity index (χ4v) is 3.82. The Balaban J connectivity index is 1.49. The lowest BCUT2D eigenvalue weighted by atomic mass is 10.0. The molecule has 4 aromatic rings. The lowest BCUT2D eigenvalue weighted by Gasteiger charge is -2.09. The predicted molar refractivity (Wildman–Crippen MR) is 119 cm³/mol. The molecule has 4 nitrogen and oxygen atoms in total. The van der Waals surface area contributed by atoms with E-state index in [9.17, 15) is 4.79 Å². The lowest BCUT2D eigenvalue weighted by Crippen LogP contribution is -2.12. The van der Waals surface area contributed by atoms with Gasteiger partial charge in [0.2, 0.25) is 5.91 Å². The number of aryl methyl sites for hydroxylation is 2. The van der Waals surface area contributed by atoms with Crippen molar-refractivity contribution in [1.82, 2.24) is 9.97 Å². The minimum atomic E-state index is 0.00894. The molecular weight excluding hydrogens is 382 g/mol. The molecule has 2 N–H and O–H groups in total. The number of aromatic nitrogens is 2. The lowest BCUT2D eigenvalue weighted by molar-refractivity contribution is -0.116. The highest BCUT2D eigenvalue weighted by atomic mass is 35.5. The van der Waals surface area contributed by atoms with Crippen LogP contribution in [-0.4, -0.2) is 15.9 Å². The molecule has 4 rings (SSSR count). The topological polar surface area (TPSA) is 57.8 Å². The number of pyridine rings is 1. The zero-order valence-corrected chi connectivity index (χ0v) is 17.0. The maximum absolute atomic E-state index is 12.4. The molecule has 0 aliphatic heterocycles. The molecule has 2 aromatic carbocycles. The van der Waals surface area contributed by atoms with E-state index in [1.165, 1.54) is 10.9 Å². The van der Waals surface area contributed by atoms with Gasteiger partial charge in [-0.15, -0.1) is 0 Å². The van der Waals surface area contributed by atoms with E-state index >= 15 is 0 Å². The molecule has 0 atom stereocenters. The van der Waals surface area contributed by atoms with Crippen molar-refractivity contribution in [1.29, 1.82) is 0 Å². The SMILES string of the molecule is Cc1cc(Cl)ccc1NC(=O)CCCc1c(-c2ccccn2)[nH]c2ccccc12. The van der Waals surface area contributed by atoms with Gasteiger partial charge in [0, 0.05) is 34.2 Å². The van der Waals surface area contributed by atoms with Crippen molar-refractivity contribution in [2.75, 3.05) is 5.32 Å². The van der Waals surface area contributed by atoms with Gasteiger partial charge in [-0.2, -0.15) is 0 Å². The summed E-state index contributed by atoms with van der Waals surface area (Å²) in [4.78, 5) is 20.4. The molecule has 29 heavy (non-hydrogen) atoms. The zero-order valence-electron chi connectivity index (χ0n) is 16.2. The Morgan fingerprint density at radius 2 is 1.93 bits per heavy atom. The van der Waals surface area contributed by atoms with Gasteiger partial charge < -0.3 is 10.3 Å². The number of rotatable bonds is 6. The zero-order chi connectivity index (χ0) is 20.2. The quantitative estimate of drug-likeness (QED) is 0.405. The normalized spacial score (nSPS) is 11.0. The predicted octanol–water partition coefficient (Wildman–Crippen LogP) is 6.15. The summed E-state index contributed by atoms with van der Waals surface area (Å²) < 4.78 is 0. The van der Waals surface area contributed by atoms with E-state index in [2.05, 4.69) is 27.4 Å². The molecule has 0 radical (unpaired) electrons. The Labute approximate surface area is 174 Å². The van der Waals surface area contributed by atoms with Gasteiger partial charge in [-0.3, -0.25) is 9.78 Å². The molecule has 5 heteroatoms. The number of carbonyl (C=O) groups is 1. The van der Waals surface area contributed by atoms with Crippen molar-refractivity contribution < 1.29 is 4.79 Å². The number of hydrogen-bond donors (Lipinski definition) is 2. The highest BCUT2D eigenvalue weighted by Gasteiger charge is 2.14. The van der Waals surface area contributed by atoms with Gasteiger partial charge in [0.25, 0.3) is 0 Å². The summed E-state index contributed by atoms with van der Waals surface area (Å²) in [5.41, 5.74) is 6.00.